The molecule has 2 fully saturated rings. The Labute approximate surface area is 121 Å². The van der Waals surface area contributed by atoms with E-state index in [-0.39, 0.29) is 0 Å². The van der Waals surface area contributed by atoms with Gasteiger partial charge in [-0.25, -0.2) is 0 Å². The smallest absolute Gasteiger partial charge is 0.0547 e. The summed E-state index contributed by atoms with van der Waals surface area (Å²) in [5, 5.41) is 6.78. The first-order valence-corrected chi connectivity index (χ1v) is 7.71. The average molecular weight is 275 g/mol. The van der Waals surface area contributed by atoms with E-state index in [0.29, 0.717) is 0 Å². The summed E-state index contributed by atoms with van der Waals surface area (Å²) in [7, 11) is 0. The maximum absolute atomic E-state index is 4.84. The Morgan fingerprint density at radius 1 is 0.800 bits per heavy atom. The molecule has 0 atom stereocenters. The molecule has 2 saturated heterocycles. The molecule has 0 aromatic carbocycles. The molecule has 2 N–H and O–H groups in total. The predicted molar refractivity (Wildman–Crippen MR) is 80.5 cm³/mol. The molecule has 5 nitrogen and oxygen atoms in total. The normalized spacial score (nSPS) is 22.0. The lowest BCUT2D eigenvalue weighted by atomic mass is 10.2. The average Bonchev–Trinajstić information content (AvgIpc) is 2.50. The number of nitrogens with one attached hydrogen (secondary N) is 2. The molecule has 2 aliphatic rings. The van der Waals surface area contributed by atoms with Crippen LogP contribution >= 0.6 is 0 Å². The molecule has 20 heavy (non-hydrogen) atoms. The molecule has 0 unspecified atom stereocenters. The topological polar surface area (TPSA) is 43.4 Å². The van der Waals surface area contributed by atoms with E-state index in [1.54, 1.807) is 0 Å². The Bertz CT molecular complexity index is 375. The van der Waals surface area contributed by atoms with Gasteiger partial charge in [0.15, 0.2) is 0 Å². The highest BCUT2D eigenvalue weighted by Crippen LogP contribution is 2.07. The van der Waals surface area contributed by atoms with Crippen molar-refractivity contribution >= 4 is 0 Å². The van der Waals surface area contributed by atoms with Gasteiger partial charge in [-0.1, -0.05) is 6.07 Å². The molecule has 0 spiro atoms. The summed E-state index contributed by atoms with van der Waals surface area (Å²) in [5.74, 6) is 0. The Morgan fingerprint density at radius 2 is 1.25 bits per heavy atom. The molecule has 5 heteroatoms. The Kier molecular flexibility index (Phi) is 4.97. The minimum atomic E-state index is 0.983. The van der Waals surface area contributed by atoms with Gasteiger partial charge in [0.05, 0.1) is 11.4 Å². The molecule has 3 rings (SSSR count). The van der Waals surface area contributed by atoms with Crippen LogP contribution in [0.5, 0.6) is 0 Å². The summed E-state index contributed by atoms with van der Waals surface area (Å²) < 4.78 is 0. The lowest BCUT2D eigenvalue weighted by Gasteiger charge is -2.28. The van der Waals surface area contributed by atoms with Gasteiger partial charge in [0.25, 0.3) is 0 Å². The van der Waals surface area contributed by atoms with Crippen LogP contribution < -0.4 is 10.6 Å². The van der Waals surface area contributed by atoms with Crippen molar-refractivity contribution < 1.29 is 0 Å². The molecule has 0 saturated carbocycles. The number of rotatable bonds is 4. The molecule has 3 heterocycles. The van der Waals surface area contributed by atoms with Crippen molar-refractivity contribution in [2.24, 2.45) is 0 Å². The van der Waals surface area contributed by atoms with Crippen LogP contribution in [0.25, 0.3) is 0 Å². The first-order valence-electron chi connectivity index (χ1n) is 7.71. The molecule has 0 aliphatic carbocycles. The summed E-state index contributed by atoms with van der Waals surface area (Å²) in [5.41, 5.74) is 2.42. The summed E-state index contributed by atoms with van der Waals surface area (Å²) in [6.07, 6.45) is 0. The summed E-state index contributed by atoms with van der Waals surface area (Å²) in [4.78, 5) is 9.80. The van der Waals surface area contributed by atoms with E-state index in [4.69, 9.17) is 4.98 Å². The maximum Gasteiger partial charge on any atom is 0.0547 e. The summed E-state index contributed by atoms with van der Waals surface area (Å²) >= 11 is 0. The van der Waals surface area contributed by atoms with E-state index in [0.717, 1.165) is 65.4 Å². The van der Waals surface area contributed by atoms with Crippen LogP contribution in [0.3, 0.4) is 0 Å². The molecule has 110 valence electrons. The van der Waals surface area contributed by atoms with Crippen molar-refractivity contribution in [1.82, 2.24) is 25.4 Å². The SMILES string of the molecule is c1cc(CN2CCNCC2)nc(CN2CCNCC2)c1. The van der Waals surface area contributed by atoms with Crippen molar-refractivity contribution in [3.63, 3.8) is 0 Å². The Hall–Kier alpha value is -1.01. The van der Waals surface area contributed by atoms with Crippen molar-refractivity contribution in [3.05, 3.63) is 29.6 Å². The third-order valence-corrected chi connectivity index (χ3v) is 4.05. The van der Waals surface area contributed by atoms with Gasteiger partial charge < -0.3 is 10.6 Å². The van der Waals surface area contributed by atoms with Crippen LogP contribution in [0, 0.1) is 0 Å². The van der Waals surface area contributed by atoms with E-state index in [9.17, 15) is 0 Å². The number of pyridine rings is 1. The van der Waals surface area contributed by atoms with Crippen LogP contribution in [0.4, 0.5) is 0 Å². The fourth-order valence-corrected chi connectivity index (χ4v) is 2.90. The molecular formula is C15H25N5. The van der Waals surface area contributed by atoms with E-state index in [1.807, 2.05) is 0 Å². The van der Waals surface area contributed by atoms with Crippen LogP contribution in [0.2, 0.25) is 0 Å². The van der Waals surface area contributed by atoms with Gasteiger partial charge in [-0.2, -0.15) is 0 Å². The molecule has 1 aromatic heterocycles. The Balaban J connectivity index is 1.57. The minimum Gasteiger partial charge on any atom is -0.314 e. The minimum absolute atomic E-state index is 0.983. The van der Waals surface area contributed by atoms with Gasteiger partial charge >= 0.3 is 0 Å². The van der Waals surface area contributed by atoms with E-state index >= 15 is 0 Å². The first kappa shape index (κ1) is 13.9. The third kappa shape index (κ3) is 3.99. The lowest BCUT2D eigenvalue weighted by molar-refractivity contribution is 0.225. The van der Waals surface area contributed by atoms with Crippen LogP contribution in [0.1, 0.15) is 11.4 Å². The number of piperazine rings is 2. The van der Waals surface area contributed by atoms with Crippen LogP contribution in [-0.2, 0) is 13.1 Å². The molecule has 0 bridgehead atoms. The van der Waals surface area contributed by atoms with Gasteiger partial charge in [-0.15, -0.1) is 0 Å². The highest BCUT2D eigenvalue weighted by Gasteiger charge is 2.13. The molecular weight excluding hydrogens is 250 g/mol. The molecule has 0 amide bonds. The second kappa shape index (κ2) is 7.13. The van der Waals surface area contributed by atoms with Crippen LogP contribution in [0.15, 0.2) is 18.2 Å². The zero-order valence-corrected chi connectivity index (χ0v) is 12.1. The quantitative estimate of drug-likeness (QED) is 0.803. The zero-order valence-electron chi connectivity index (χ0n) is 12.1. The highest BCUT2D eigenvalue weighted by atomic mass is 15.2. The second-order valence-corrected chi connectivity index (χ2v) is 5.67. The lowest BCUT2D eigenvalue weighted by Crippen LogP contribution is -2.43. The standard InChI is InChI=1S/C15H25N5/c1-2-14(12-19-8-4-16-5-9-19)18-15(3-1)13-20-10-6-17-7-11-20/h1-3,16-17H,4-13H2. The fraction of sp³-hybridized carbons (Fsp3) is 0.667. The molecule has 0 radical (unpaired) electrons. The van der Waals surface area contributed by atoms with Crippen molar-refractivity contribution in [2.45, 2.75) is 13.1 Å². The van der Waals surface area contributed by atoms with Gasteiger partial charge in [0.2, 0.25) is 0 Å². The van der Waals surface area contributed by atoms with Crippen molar-refractivity contribution in [3.8, 4) is 0 Å². The van der Waals surface area contributed by atoms with Gasteiger partial charge in [-0.3, -0.25) is 14.8 Å². The molecule has 1 aromatic rings. The summed E-state index contributed by atoms with van der Waals surface area (Å²) in [6, 6.07) is 6.47. The van der Waals surface area contributed by atoms with E-state index < -0.39 is 0 Å². The van der Waals surface area contributed by atoms with Gasteiger partial charge in [0.1, 0.15) is 0 Å². The third-order valence-electron chi connectivity index (χ3n) is 4.05. The number of hydrogen-bond acceptors (Lipinski definition) is 5. The number of nitrogens with zero attached hydrogens (tertiary/aromatic N) is 3. The first-order chi connectivity index (χ1) is 9.90. The maximum atomic E-state index is 4.84. The van der Waals surface area contributed by atoms with E-state index in [1.165, 1.54) is 11.4 Å². The van der Waals surface area contributed by atoms with Gasteiger partial charge in [-0.05, 0) is 12.1 Å². The zero-order chi connectivity index (χ0) is 13.6. The second-order valence-electron chi connectivity index (χ2n) is 5.67. The van der Waals surface area contributed by atoms with Gasteiger partial charge in [0, 0.05) is 65.4 Å². The van der Waals surface area contributed by atoms with Crippen LogP contribution in [-0.4, -0.2) is 67.1 Å². The largest absolute Gasteiger partial charge is 0.314 e. The highest BCUT2D eigenvalue weighted by molar-refractivity contribution is 5.11. The predicted octanol–water partition coefficient (Wildman–Crippen LogP) is -0.108. The van der Waals surface area contributed by atoms with E-state index in [2.05, 4.69) is 38.6 Å². The fourth-order valence-electron chi connectivity index (χ4n) is 2.90. The van der Waals surface area contributed by atoms with Crippen molar-refractivity contribution in [2.75, 3.05) is 52.4 Å². The number of aromatic nitrogens is 1. The van der Waals surface area contributed by atoms with Crippen molar-refractivity contribution in [1.29, 1.82) is 0 Å². The monoisotopic (exact) mass is 275 g/mol. The summed E-state index contributed by atoms with van der Waals surface area (Å²) in [6.45, 7) is 10.9. The molecule has 2 aliphatic heterocycles. The number of hydrogen-bond donors (Lipinski definition) is 2. The Morgan fingerprint density at radius 3 is 1.70 bits per heavy atom.